The predicted molar refractivity (Wildman–Crippen MR) is 91.1 cm³/mol. The third-order valence-electron chi connectivity index (χ3n) is 5.09. The van der Waals surface area contributed by atoms with Crippen molar-refractivity contribution in [3.8, 4) is 0 Å². The van der Waals surface area contributed by atoms with Crippen LogP contribution in [0.3, 0.4) is 0 Å². The molecule has 0 N–H and O–H groups in total. The van der Waals surface area contributed by atoms with Crippen molar-refractivity contribution in [3.63, 3.8) is 0 Å². The van der Waals surface area contributed by atoms with E-state index in [4.69, 9.17) is 4.43 Å². The maximum absolute atomic E-state index is 12.5. The molecular weight excluding hydrogens is 345 g/mol. The van der Waals surface area contributed by atoms with Gasteiger partial charge in [-0.1, -0.05) is 0 Å². The van der Waals surface area contributed by atoms with Gasteiger partial charge in [0, 0.05) is 0 Å². The van der Waals surface area contributed by atoms with Crippen molar-refractivity contribution in [2.24, 2.45) is 5.92 Å². The van der Waals surface area contributed by atoms with Crippen LogP contribution in [-0.2, 0) is 9.22 Å². The normalized spacial score (nSPS) is 28.4. The molecule has 3 nitrogen and oxygen atoms in total. The van der Waals surface area contributed by atoms with Gasteiger partial charge in [0.2, 0.25) is 0 Å². The molecule has 2 rings (SSSR count). The fourth-order valence-electron chi connectivity index (χ4n) is 2.68. The molecule has 0 unspecified atom stereocenters. The number of β-lactam (4-membered cyclic amide) rings is 1. The van der Waals surface area contributed by atoms with Gasteiger partial charge in [0.25, 0.3) is 0 Å². The van der Waals surface area contributed by atoms with Crippen LogP contribution < -0.4 is 0 Å². The quantitative estimate of drug-likeness (QED) is 0.431. The average Bonchev–Trinajstić information content (AvgIpc) is 2.47. The Kier molecular flexibility index (Phi) is 4.80. The fourth-order valence-corrected chi connectivity index (χ4v) is 7.22. The van der Waals surface area contributed by atoms with Crippen molar-refractivity contribution in [2.75, 3.05) is 6.54 Å². The van der Waals surface area contributed by atoms with Gasteiger partial charge in [-0.3, -0.25) is 0 Å². The summed E-state index contributed by atoms with van der Waals surface area (Å²) in [6.45, 7) is 16.4. The minimum atomic E-state index is -1.80. The van der Waals surface area contributed by atoms with E-state index in [1.165, 1.54) is 5.57 Å². The summed E-state index contributed by atoms with van der Waals surface area (Å²) < 4.78 is 6.48. The van der Waals surface area contributed by atoms with Gasteiger partial charge in [-0.2, -0.15) is 0 Å². The van der Waals surface area contributed by atoms with Crippen LogP contribution in [0.4, 0.5) is 0 Å². The first-order valence-corrected chi connectivity index (χ1v) is 12.9. The Morgan fingerprint density at radius 1 is 1.43 bits per heavy atom. The summed E-state index contributed by atoms with van der Waals surface area (Å²) in [4.78, 5) is 15.0. The molecule has 1 amide bonds. The second-order valence-electron chi connectivity index (χ2n) is 7.85. The molecule has 2 aliphatic heterocycles. The van der Waals surface area contributed by atoms with E-state index in [1.807, 2.05) is 0 Å². The first-order chi connectivity index (χ1) is 9.54. The number of nitrogens with zero attached hydrogens (tertiary/aromatic N) is 1. The third-order valence-corrected chi connectivity index (χ3v) is 12.3. The number of amides is 1. The van der Waals surface area contributed by atoms with Crippen molar-refractivity contribution in [1.29, 1.82) is 0 Å². The zero-order valence-electron chi connectivity index (χ0n) is 14.4. The molecule has 2 heterocycles. The molecular formula is C16H29NO2SeSi. The van der Waals surface area contributed by atoms with Crippen LogP contribution in [0.2, 0.25) is 23.5 Å². The standard InChI is InChI=1S/C16H29NO2SeSi/c1-11-8-9-20-15-13(14(18)17(15)10-11)12(2)19-21(6,7)16(3,4)5/h8,12-13,15H,9-10H2,1-7H3/t12-,13+,15-/m1/s1. The molecule has 5 heteroatoms. The van der Waals surface area contributed by atoms with Crippen LogP contribution in [0.1, 0.15) is 34.6 Å². The molecule has 21 heavy (non-hydrogen) atoms. The number of carbonyl (C=O) groups is 1. The van der Waals surface area contributed by atoms with Crippen molar-refractivity contribution < 1.29 is 9.22 Å². The minimum absolute atomic E-state index is 0.0555. The average molecular weight is 374 g/mol. The molecule has 0 radical (unpaired) electrons. The molecule has 0 aliphatic carbocycles. The Bertz CT molecular complexity index is 456. The topological polar surface area (TPSA) is 29.5 Å². The molecule has 1 fully saturated rings. The first-order valence-electron chi connectivity index (χ1n) is 7.80. The summed E-state index contributed by atoms with van der Waals surface area (Å²) >= 11 is 0.487. The molecule has 0 saturated carbocycles. The monoisotopic (exact) mass is 375 g/mol. The van der Waals surface area contributed by atoms with E-state index in [0.717, 1.165) is 11.9 Å². The molecule has 2 aliphatic rings. The molecule has 1 saturated heterocycles. The zero-order valence-corrected chi connectivity index (χ0v) is 17.1. The van der Waals surface area contributed by atoms with Gasteiger partial charge in [-0.15, -0.1) is 0 Å². The van der Waals surface area contributed by atoms with E-state index in [1.54, 1.807) is 0 Å². The van der Waals surface area contributed by atoms with Crippen molar-refractivity contribution >= 4 is 29.2 Å². The zero-order chi connectivity index (χ0) is 16.0. The van der Waals surface area contributed by atoms with Crippen LogP contribution >= 0.6 is 0 Å². The Labute approximate surface area is 136 Å². The van der Waals surface area contributed by atoms with E-state index in [2.05, 4.69) is 58.7 Å². The SMILES string of the molecule is CC1=CC[Se][C@@H]2[C@@H]([C@@H](C)O[Si](C)(C)C(C)(C)C)C(=O)N2C1. The van der Waals surface area contributed by atoms with Gasteiger partial charge in [-0.25, -0.2) is 0 Å². The van der Waals surface area contributed by atoms with E-state index < -0.39 is 8.32 Å². The number of hydrogen-bond acceptors (Lipinski definition) is 2. The third kappa shape index (κ3) is 3.31. The summed E-state index contributed by atoms with van der Waals surface area (Å²) in [5, 5.41) is 1.34. The Morgan fingerprint density at radius 2 is 2.05 bits per heavy atom. The number of carbonyl (C=O) groups excluding carboxylic acids is 1. The Balaban J connectivity index is 2.05. The van der Waals surface area contributed by atoms with Crippen LogP contribution in [0.15, 0.2) is 11.6 Å². The second-order valence-corrected chi connectivity index (χ2v) is 15.0. The maximum atomic E-state index is 12.5. The van der Waals surface area contributed by atoms with Gasteiger partial charge < -0.3 is 0 Å². The molecule has 0 aromatic rings. The molecule has 0 aromatic carbocycles. The molecule has 0 aromatic heterocycles. The summed E-state index contributed by atoms with van der Waals surface area (Å²) in [7, 11) is -1.80. The van der Waals surface area contributed by atoms with Gasteiger partial charge in [0.15, 0.2) is 0 Å². The van der Waals surface area contributed by atoms with Crippen LogP contribution in [0, 0.1) is 5.92 Å². The first kappa shape index (κ1) is 17.3. The second kappa shape index (κ2) is 5.84. The number of allylic oxidation sites excluding steroid dienone is 1. The van der Waals surface area contributed by atoms with E-state index in [-0.39, 0.29) is 17.1 Å². The number of hydrogen-bond donors (Lipinski definition) is 0. The van der Waals surface area contributed by atoms with Gasteiger partial charge in [0.05, 0.1) is 0 Å². The van der Waals surface area contributed by atoms with Gasteiger partial charge in [-0.05, 0) is 0 Å². The van der Waals surface area contributed by atoms with Crippen LogP contribution in [0.5, 0.6) is 0 Å². The van der Waals surface area contributed by atoms with Gasteiger partial charge in [0.1, 0.15) is 0 Å². The van der Waals surface area contributed by atoms with Crippen molar-refractivity contribution in [1.82, 2.24) is 4.90 Å². The fraction of sp³-hybridized carbons (Fsp3) is 0.812. The van der Waals surface area contributed by atoms with Crippen molar-refractivity contribution in [3.05, 3.63) is 11.6 Å². The summed E-state index contributed by atoms with van der Waals surface area (Å²) in [6, 6.07) is 0. The summed E-state index contributed by atoms with van der Waals surface area (Å²) in [5.41, 5.74) is 1.34. The number of fused-ring (bicyclic) bond motifs is 1. The summed E-state index contributed by atoms with van der Waals surface area (Å²) in [5.74, 6) is 0.404. The Morgan fingerprint density at radius 3 is 2.62 bits per heavy atom. The molecule has 0 spiro atoms. The Hall–Kier alpha value is -0.0936. The van der Waals surface area contributed by atoms with Crippen molar-refractivity contribution in [2.45, 2.75) is 69.1 Å². The summed E-state index contributed by atoms with van der Waals surface area (Å²) in [6.07, 6.45) is 2.36. The van der Waals surface area contributed by atoms with E-state index in [0.29, 0.717) is 25.8 Å². The van der Waals surface area contributed by atoms with Crippen LogP contribution in [-0.4, -0.2) is 51.7 Å². The van der Waals surface area contributed by atoms with E-state index >= 15 is 0 Å². The van der Waals surface area contributed by atoms with Gasteiger partial charge >= 0.3 is 137 Å². The molecule has 3 atom stereocenters. The van der Waals surface area contributed by atoms with Crippen LogP contribution in [0.25, 0.3) is 0 Å². The number of rotatable bonds is 3. The van der Waals surface area contributed by atoms with E-state index in [9.17, 15) is 4.79 Å². The molecule has 120 valence electrons. The predicted octanol–water partition coefficient (Wildman–Crippen LogP) is 3.26. The molecule has 0 bridgehead atoms.